The first-order valence-electron chi connectivity index (χ1n) is 8.77. The molecule has 1 aliphatic heterocycles. The highest BCUT2D eigenvalue weighted by Gasteiger charge is 2.37. The molecule has 0 radical (unpaired) electrons. The molecule has 5 nitrogen and oxygen atoms in total. The van der Waals surface area contributed by atoms with E-state index in [1.54, 1.807) is 0 Å². The van der Waals surface area contributed by atoms with Crippen molar-refractivity contribution in [2.24, 2.45) is 0 Å². The quantitative estimate of drug-likeness (QED) is 0.777. The predicted molar refractivity (Wildman–Crippen MR) is 101 cm³/mol. The normalized spacial score (nSPS) is 16.2. The van der Waals surface area contributed by atoms with Gasteiger partial charge in [0.05, 0.1) is 16.8 Å². The van der Waals surface area contributed by atoms with Crippen molar-refractivity contribution in [3.8, 4) is 0 Å². The minimum Gasteiger partial charge on any atom is -0.321 e. The number of pyridine rings is 1. The van der Waals surface area contributed by atoms with Crippen molar-refractivity contribution in [1.82, 2.24) is 14.8 Å². The molecule has 1 N–H and O–H groups in total. The molecule has 0 saturated carbocycles. The van der Waals surface area contributed by atoms with Crippen molar-refractivity contribution >= 4 is 23.2 Å². The molecule has 28 heavy (non-hydrogen) atoms. The first kappa shape index (κ1) is 20.6. The molecule has 1 aliphatic rings. The van der Waals surface area contributed by atoms with Gasteiger partial charge in [0.1, 0.15) is 5.15 Å². The third kappa shape index (κ3) is 4.81. The number of nitrogens with zero attached hydrogens (tertiary/aromatic N) is 3. The van der Waals surface area contributed by atoms with Gasteiger partial charge < -0.3 is 10.2 Å². The lowest BCUT2D eigenvalue weighted by Crippen LogP contribution is -2.44. The average Bonchev–Trinajstić information content (AvgIpc) is 2.63. The summed E-state index contributed by atoms with van der Waals surface area (Å²) in [6, 6.07) is 7.12. The minimum absolute atomic E-state index is 0.0155. The van der Waals surface area contributed by atoms with E-state index < -0.39 is 17.6 Å². The Hall–Kier alpha value is -2.16. The van der Waals surface area contributed by atoms with Crippen molar-refractivity contribution < 1.29 is 18.0 Å². The van der Waals surface area contributed by atoms with E-state index in [4.69, 9.17) is 11.6 Å². The highest BCUT2D eigenvalue weighted by Crippen LogP contribution is 2.38. The Morgan fingerprint density at radius 1 is 1.18 bits per heavy atom. The molecular formula is C19H20ClF3N4O. The van der Waals surface area contributed by atoms with Crippen molar-refractivity contribution in [2.45, 2.75) is 12.7 Å². The van der Waals surface area contributed by atoms with Crippen LogP contribution in [0, 0.1) is 0 Å². The summed E-state index contributed by atoms with van der Waals surface area (Å²) in [5, 5.41) is 2.28. The monoisotopic (exact) mass is 412 g/mol. The molecule has 1 saturated heterocycles. The number of piperazine rings is 1. The fraction of sp³-hybridized carbons (Fsp3) is 0.368. The Bertz CT molecular complexity index is 851. The van der Waals surface area contributed by atoms with Gasteiger partial charge in [0.15, 0.2) is 0 Å². The second-order valence-electron chi connectivity index (χ2n) is 6.71. The Kier molecular flexibility index (Phi) is 6.22. The Balaban J connectivity index is 1.89. The van der Waals surface area contributed by atoms with Crippen LogP contribution in [0.15, 0.2) is 36.5 Å². The topological polar surface area (TPSA) is 48.5 Å². The Morgan fingerprint density at radius 2 is 1.89 bits per heavy atom. The average molecular weight is 413 g/mol. The van der Waals surface area contributed by atoms with Gasteiger partial charge in [-0.15, -0.1) is 0 Å². The summed E-state index contributed by atoms with van der Waals surface area (Å²) in [6.45, 7) is 3.15. The number of likely N-dealkylation sites (N-methyl/N-ethyl adjacent to an activating group) is 1. The van der Waals surface area contributed by atoms with Gasteiger partial charge in [-0.3, -0.25) is 9.69 Å². The van der Waals surface area contributed by atoms with Crippen LogP contribution in [0.5, 0.6) is 0 Å². The van der Waals surface area contributed by atoms with Crippen molar-refractivity contribution in [1.29, 1.82) is 0 Å². The summed E-state index contributed by atoms with van der Waals surface area (Å²) in [5.74, 6) is -0.736. The van der Waals surface area contributed by atoms with Gasteiger partial charge in [0, 0.05) is 38.9 Å². The number of benzene rings is 1. The summed E-state index contributed by atoms with van der Waals surface area (Å²) in [6.07, 6.45) is -3.21. The molecule has 2 heterocycles. The summed E-state index contributed by atoms with van der Waals surface area (Å²) in [4.78, 5) is 20.3. The molecule has 1 aromatic heterocycles. The third-order valence-electron chi connectivity index (χ3n) is 4.68. The number of carbonyl (C=O) groups excluding carboxylic acids is 1. The molecule has 0 spiro atoms. The van der Waals surface area contributed by atoms with Gasteiger partial charge in [-0.1, -0.05) is 23.7 Å². The fourth-order valence-electron chi connectivity index (χ4n) is 3.16. The van der Waals surface area contributed by atoms with Crippen molar-refractivity contribution in [2.75, 3.05) is 38.5 Å². The molecular weight excluding hydrogens is 393 g/mol. The maximum Gasteiger partial charge on any atom is 0.418 e. The number of rotatable bonds is 4. The van der Waals surface area contributed by atoms with Crippen LogP contribution in [0.4, 0.5) is 18.9 Å². The van der Waals surface area contributed by atoms with Crippen LogP contribution < -0.4 is 5.32 Å². The van der Waals surface area contributed by atoms with E-state index in [-0.39, 0.29) is 28.5 Å². The number of hydrogen-bond donors (Lipinski definition) is 1. The van der Waals surface area contributed by atoms with Gasteiger partial charge >= 0.3 is 6.18 Å². The summed E-state index contributed by atoms with van der Waals surface area (Å²) in [7, 11) is 1.98. The lowest BCUT2D eigenvalue weighted by atomic mass is 10.0. The number of carbonyl (C=O) groups is 1. The molecule has 0 atom stereocenters. The molecule has 150 valence electrons. The number of nitrogens with one attached hydrogen (secondary N) is 1. The Labute approximate surface area is 166 Å². The van der Waals surface area contributed by atoms with E-state index in [9.17, 15) is 18.0 Å². The zero-order valence-electron chi connectivity index (χ0n) is 15.3. The lowest BCUT2D eigenvalue weighted by molar-refractivity contribution is -0.137. The van der Waals surface area contributed by atoms with Crippen LogP contribution in [0.1, 0.15) is 21.5 Å². The van der Waals surface area contributed by atoms with Gasteiger partial charge in [0.2, 0.25) is 0 Å². The summed E-state index contributed by atoms with van der Waals surface area (Å²) < 4.78 is 41.5. The zero-order valence-corrected chi connectivity index (χ0v) is 16.0. The maximum atomic E-state index is 13.8. The SMILES string of the molecule is CN1CCN(Cc2cccc(NC(=O)c3cccnc3Cl)c2C(F)(F)F)CC1. The highest BCUT2D eigenvalue weighted by atomic mass is 35.5. The molecule has 2 aromatic rings. The van der Waals surface area contributed by atoms with Crippen molar-refractivity contribution in [3.05, 3.63) is 58.4 Å². The molecule has 0 bridgehead atoms. The summed E-state index contributed by atoms with van der Waals surface area (Å²) >= 11 is 5.88. The number of hydrogen-bond acceptors (Lipinski definition) is 4. The standard InChI is InChI=1S/C19H20ClF3N4O/c1-26-8-10-27(11-9-26)12-13-4-2-6-15(16(13)19(21,22)23)25-18(28)14-5-3-7-24-17(14)20/h2-7H,8-12H2,1H3,(H,25,28). The second kappa shape index (κ2) is 8.46. The van der Waals surface area contributed by atoms with Gasteiger partial charge in [-0.25, -0.2) is 4.98 Å². The van der Waals surface area contributed by atoms with Crippen molar-refractivity contribution in [3.63, 3.8) is 0 Å². The predicted octanol–water partition coefficient (Wildman–Crippen LogP) is 3.75. The van der Waals surface area contributed by atoms with Crippen LogP contribution in [-0.4, -0.2) is 53.9 Å². The van der Waals surface area contributed by atoms with Crippen LogP contribution in [0.3, 0.4) is 0 Å². The maximum absolute atomic E-state index is 13.8. The zero-order chi connectivity index (χ0) is 20.3. The van der Waals surface area contributed by atoms with E-state index in [0.29, 0.717) is 13.1 Å². The number of amides is 1. The number of aromatic nitrogens is 1. The Morgan fingerprint density at radius 3 is 2.54 bits per heavy atom. The second-order valence-corrected chi connectivity index (χ2v) is 7.07. The van der Waals surface area contributed by atoms with E-state index in [1.807, 2.05) is 11.9 Å². The fourth-order valence-corrected chi connectivity index (χ4v) is 3.37. The minimum atomic E-state index is -4.61. The number of anilines is 1. The van der Waals surface area contributed by atoms with E-state index >= 15 is 0 Å². The molecule has 0 unspecified atom stereocenters. The van der Waals surface area contributed by atoms with Crippen LogP contribution in [0.2, 0.25) is 5.15 Å². The van der Waals surface area contributed by atoms with E-state index in [1.165, 1.54) is 36.5 Å². The molecule has 1 amide bonds. The molecule has 1 fully saturated rings. The summed E-state index contributed by atoms with van der Waals surface area (Å²) in [5.41, 5.74) is -0.972. The van der Waals surface area contributed by atoms with E-state index in [0.717, 1.165) is 13.1 Å². The van der Waals surface area contributed by atoms with Gasteiger partial charge in [-0.2, -0.15) is 13.2 Å². The number of halogens is 4. The molecule has 9 heteroatoms. The van der Waals surface area contributed by atoms with Gasteiger partial charge in [0.25, 0.3) is 5.91 Å². The smallest absolute Gasteiger partial charge is 0.321 e. The van der Waals surface area contributed by atoms with E-state index in [2.05, 4.69) is 15.2 Å². The first-order valence-corrected chi connectivity index (χ1v) is 9.15. The molecule has 0 aliphatic carbocycles. The first-order chi connectivity index (χ1) is 13.3. The van der Waals surface area contributed by atoms with Gasteiger partial charge in [-0.05, 0) is 30.8 Å². The highest BCUT2D eigenvalue weighted by molar-refractivity contribution is 6.33. The van der Waals surface area contributed by atoms with Crippen LogP contribution in [0.25, 0.3) is 0 Å². The van der Waals surface area contributed by atoms with Crippen LogP contribution >= 0.6 is 11.6 Å². The molecule has 1 aromatic carbocycles. The lowest BCUT2D eigenvalue weighted by Gasteiger charge is -2.33. The number of alkyl halides is 3. The van der Waals surface area contributed by atoms with Crippen LogP contribution in [-0.2, 0) is 12.7 Å². The third-order valence-corrected chi connectivity index (χ3v) is 4.98. The largest absolute Gasteiger partial charge is 0.418 e. The molecule has 3 rings (SSSR count).